The quantitative estimate of drug-likeness (QED) is 0.906. The molecule has 2 rings (SSSR count). The number of carbonyl (C=O) groups is 1. The van der Waals surface area contributed by atoms with Crippen molar-refractivity contribution in [1.82, 2.24) is 0 Å². The van der Waals surface area contributed by atoms with E-state index in [0.717, 1.165) is 31.4 Å². The maximum Gasteiger partial charge on any atom is 0.231 e. The smallest absolute Gasteiger partial charge is 0.231 e. The largest absolute Gasteiger partial charge is 0.325 e. The standard InChI is InChI=1S/C15H22N2O.ClH/c1-15(16)11-7-6-10-13(15)14(18)17(2)12-8-4-3-5-9-12;/h3-5,8-9,13H,6-7,10-11,16H2,1-2H3;1H. The summed E-state index contributed by atoms with van der Waals surface area (Å²) in [6.45, 7) is 2.01. The van der Waals surface area contributed by atoms with Crippen LogP contribution in [0.5, 0.6) is 0 Å². The summed E-state index contributed by atoms with van der Waals surface area (Å²) in [6, 6.07) is 9.75. The van der Waals surface area contributed by atoms with Gasteiger partial charge in [0.15, 0.2) is 0 Å². The Bertz CT molecular complexity index is 419. The zero-order chi connectivity index (χ0) is 13.2. The first-order chi connectivity index (χ1) is 8.52. The lowest BCUT2D eigenvalue weighted by atomic mass is 9.74. The van der Waals surface area contributed by atoms with Crippen molar-refractivity contribution in [2.75, 3.05) is 11.9 Å². The number of anilines is 1. The van der Waals surface area contributed by atoms with Crippen molar-refractivity contribution in [3.05, 3.63) is 30.3 Å². The number of halogens is 1. The first-order valence-corrected chi connectivity index (χ1v) is 6.64. The molecule has 2 N–H and O–H groups in total. The Kier molecular flexibility index (Phi) is 5.39. The van der Waals surface area contributed by atoms with Crippen molar-refractivity contribution in [2.24, 2.45) is 11.7 Å². The van der Waals surface area contributed by atoms with Gasteiger partial charge in [-0.25, -0.2) is 0 Å². The first-order valence-electron chi connectivity index (χ1n) is 6.64. The SMILES string of the molecule is CN(C(=O)C1CCCCC1(C)N)c1ccccc1.Cl. The highest BCUT2D eigenvalue weighted by Gasteiger charge is 2.39. The van der Waals surface area contributed by atoms with E-state index in [1.54, 1.807) is 4.90 Å². The number of nitrogens with zero attached hydrogens (tertiary/aromatic N) is 1. The van der Waals surface area contributed by atoms with E-state index in [2.05, 4.69) is 0 Å². The Morgan fingerprint density at radius 2 is 1.95 bits per heavy atom. The number of benzene rings is 1. The van der Waals surface area contributed by atoms with E-state index in [1.807, 2.05) is 44.3 Å². The number of carbonyl (C=O) groups excluding carboxylic acids is 1. The minimum absolute atomic E-state index is 0. The van der Waals surface area contributed by atoms with Crippen molar-refractivity contribution >= 4 is 24.0 Å². The number of amides is 1. The first kappa shape index (κ1) is 16.0. The zero-order valence-electron chi connectivity index (χ0n) is 11.6. The predicted octanol–water partition coefficient (Wildman–Crippen LogP) is 2.98. The number of hydrogen-bond donors (Lipinski definition) is 1. The molecule has 0 aliphatic heterocycles. The van der Waals surface area contributed by atoms with Gasteiger partial charge in [0.25, 0.3) is 0 Å². The molecule has 0 bridgehead atoms. The molecule has 0 heterocycles. The van der Waals surface area contributed by atoms with Crippen molar-refractivity contribution in [3.63, 3.8) is 0 Å². The van der Waals surface area contributed by atoms with Gasteiger partial charge in [0.1, 0.15) is 0 Å². The van der Waals surface area contributed by atoms with Gasteiger partial charge in [-0.3, -0.25) is 4.79 Å². The average Bonchev–Trinajstić information content (AvgIpc) is 2.37. The van der Waals surface area contributed by atoms with Gasteiger partial charge in [-0.1, -0.05) is 31.0 Å². The van der Waals surface area contributed by atoms with E-state index < -0.39 is 0 Å². The fraction of sp³-hybridized carbons (Fsp3) is 0.533. The highest BCUT2D eigenvalue weighted by Crippen LogP contribution is 2.33. The minimum atomic E-state index is -0.363. The van der Waals surface area contributed by atoms with Crippen LogP contribution in [-0.4, -0.2) is 18.5 Å². The maximum atomic E-state index is 12.6. The minimum Gasteiger partial charge on any atom is -0.325 e. The van der Waals surface area contributed by atoms with E-state index >= 15 is 0 Å². The van der Waals surface area contributed by atoms with E-state index in [1.165, 1.54) is 0 Å². The molecule has 19 heavy (non-hydrogen) atoms. The van der Waals surface area contributed by atoms with Gasteiger partial charge in [0.05, 0.1) is 5.92 Å². The van der Waals surface area contributed by atoms with Crippen molar-refractivity contribution in [2.45, 2.75) is 38.1 Å². The molecular weight excluding hydrogens is 260 g/mol. The molecule has 2 atom stereocenters. The van der Waals surface area contributed by atoms with Gasteiger partial charge in [-0.2, -0.15) is 0 Å². The fourth-order valence-corrected chi connectivity index (χ4v) is 2.78. The second kappa shape index (κ2) is 6.40. The molecule has 1 saturated carbocycles. The van der Waals surface area contributed by atoms with Crippen molar-refractivity contribution in [3.8, 4) is 0 Å². The van der Waals surface area contributed by atoms with Crippen LogP contribution in [0.2, 0.25) is 0 Å². The molecule has 1 aliphatic carbocycles. The highest BCUT2D eigenvalue weighted by atomic mass is 35.5. The Morgan fingerprint density at radius 1 is 1.32 bits per heavy atom. The van der Waals surface area contributed by atoms with E-state index in [-0.39, 0.29) is 29.8 Å². The number of nitrogens with two attached hydrogens (primary N) is 1. The van der Waals surface area contributed by atoms with Crippen molar-refractivity contribution in [1.29, 1.82) is 0 Å². The van der Waals surface area contributed by atoms with Crippen LogP contribution in [0, 0.1) is 5.92 Å². The summed E-state index contributed by atoms with van der Waals surface area (Å²) in [5.41, 5.74) is 6.86. The third-order valence-corrected chi connectivity index (χ3v) is 4.03. The molecule has 0 spiro atoms. The molecule has 1 aromatic rings. The fourth-order valence-electron chi connectivity index (χ4n) is 2.78. The van der Waals surface area contributed by atoms with Crippen LogP contribution in [0.3, 0.4) is 0 Å². The number of rotatable bonds is 2. The molecule has 1 aliphatic rings. The number of para-hydroxylation sites is 1. The molecule has 0 aromatic heterocycles. The lowest BCUT2D eigenvalue weighted by molar-refractivity contribution is -0.125. The third-order valence-electron chi connectivity index (χ3n) is 4.03. The van der Waals surface area contributed by atoms with Gasteiger partial charge < -0.3 is 10.6 Å². The predicted molar refractivity (Wildman–Crippen MR) is 81.7 cm³/mol. The molecule has 1 fully saturated rings. The highest BCUT2D eigenvalue weighted by molar-refractivity contribution is 5.95. The molecular formula is C15H23ClN2O. The lowest BCUT2D eigenvalue weighted by Crippen LogP contribution is -2.53. The molecule has 0 radical (unpaired) electrons. The topological polar surface area (TPSA) is 46.3 Å². The Hall–Kier alpha value is -1.06. The van der Waals surface area contributed by atoms with Crippen LogP contribution in [0.4, 0.5) is 5.69 Å². The van der Waals surface area contributed by atoms with Gasteiger partial charge in [-0.05, 0) is 31.9 Å². The van der Waals surface area contributed by atoms with Gasteiger partial charge in [-0.15, -0.1) is 12.4 Å². The normalized spacial score (nSPS) is 26.4. The lowest BCUT2D eigenvalue weighted by Gasteiger charge is -2.39. The molecule has 4 heteroatoms. The van der Waals surface area contributed by atoms with Crippen LogP contribution in [0.15, 0.2) is 30.3 Å². The Balaban J connectivity index is 0.00000180. The number of hydrogen-bond acceptors (Lipinski definition) is 2. The summed E-state index contributed by atoms with van der Waals surface area (Å²) in [5, 5.41) is 0. The van der Waals surface area contributed by atoms with Gasteiger partial charge in [0.2, 0.25) is 5.91 Å². The second-order valence-corrected chi connectivity index (χ2v) is 5.54. The van der Waals surface area contributed by atoms with E-state index in [0.29, 0.717) is 0 Å². The molecule has 1 aromatic carbocycles. The average molecular weight is 283 g/mol. The van der Waals surface area contributed by atoms with Crippen LogP contribution < -0.4 is 10.6 Å². The molecule has 2 unspecified atom stereocenters. The molecule has 3 nitrogen and oxygen atoms in total. The molecule has 1 amide bonds. The Labute approximate surface area is 121 Å². The van der Waals surface area contributed by atoms with Crippen LogP contribution in [-0.2, 0) is 4.79 Å². The monoisotopic (exact) mass is 282 g/mol. The van der Waals surface area contributed by atoms with Crippen LogP contribution >= 0.6 is 12.4 Å². The zero-order valence-corrected chi connectivity index (χ0v) is 12.5. The third kappa shape index (κ3) is 3.48. The summed E-state index contributed by atoms with van der Waals surface area (Å²) in [5.74, 6) is 0.0855. The second-order valence-electron chi connectivity index (χ2n) is 5.54. The summed E-state index contributed by atoms with van der Waals surface area (Å²) < 4.78 is 0. The van der Waals surface area contributed by atoms with Crippen molar-refractivity contribution < 1.29 is 4.79 Å². The molecule has 0 saturated heterocycles. The van der Waals surface area contributed by atoms with E-state index in [9.17, 15) is 4.79 Å². The Morgan fingerprint density at radius 3 is 2.53 bits per heavy atom. The summed E-state index contributed by atoms with van der Waals surface area (Å²) >= 11 is 0. The van der Waals surface area contributed by atoms with Gasteiger partial charge >= 0.3 is 0 Å². The van der Waals surface area contributed by atoms with E-state index in [4.69, 9.17) is 5.73 Å². The summed E-state index contributed by atoms with van der Waals surface area (Å²) in [6.07, 6.45) is 4.08. The molecule has 106 valence electrons. The summed E-state index contributed by atoms with van der Waals surface area (Å²) in [4.78, 5) is 14.3. The van der Waals surface area contributed by atoms with Crippen LogP contribution in [0.25, 0.3) is 0 Å². The summed E-state index contributed by atoms with van der Waals surface area (Å²) in [7, 11) is 1.84. The van der Waals surface area contributed by atoms with Crippen LogP contribution in [0.1, 0.15) is 32.6 Å². The maximum absolute atomic E-state index is 12.6. The van der Waals surface area contributed by atoms with Gasteiger partial charge in [0, 0.05) is 18.3 Å².